The summed E-state index contributed by atoms with van der Waals surface area (Å²) in [4.78, 5) is 23.7. The summed E-state index contributed by atoms with van der Waals surface area (Å²) in [5, 5.41) is 15.4. The molecule has 5 nitrogen and oxygen atoms in total. The van der Waals surface area contributed by atoms with Gasteiger partial charge >= 0.3 is 5.97 Å². The molecule has 0 aromatic carbocycles. The molecule has 1 aliphatic rings. The number of rotatable bonds is 7. The molecule has 3 N–H and O–H groups in total. The average molecular weight is 298 g/mol. The van der Waals surface area contributed by atoms with E-state index in [2.05, 4.69) is 10.6 Å². The van der Waals surface area contributed by atoms with Crippen molar-refractivity contribution in [3.05, 3.63) is 0 Å². The molecule has 1 saturated heterocycles. The molecule has 5 heteroatoms. The summed E-state index contributed by atoms with van der Waals surface area (Å²) in [6.45, 7) is 10.00. The van der Waals surface area contributed by atoms with Crippen LogP contribution in [-0.4, -0.2) is 36.6 Å². The van der Waals surface area contributed by atoms with Gasteiger partial charge in [-0.25, -0.2) is 0 Å². The number of hydrogen-bond donors (Lipinski definition) is 3. The fraction of sp³-hybridized carbons (Fsp3) is 0.875. The Hall–Kier alpha value is -1.10. The van der Waals surface area contributed by atoms with Crippen LogP contribution in [-0.2, 0) is 9.59 Å². The van der Waals surface area contributed by atoms with E-state index in [0.29, 0.717) is 18.3 Å². The lowest BCUT2D eigenvalue weighted by Gasteiger charge is -2.36. The van der Waals surface area contributed by atoms with Crippen LogP contribution in [0.2, 0.25) is 0 Å². The van der Waals surface area contributed by atoms with Gasteiger partial charge in [0.05, 0.1) is 5.92 Å². The van der Waals surface area contributed by atoms with Gasteiger partial charge in [0, 0.05) is 12.0 Å². The molecule has 0 saturated carbocycles. The third kappa shape index (κ3) is 5.30. The minimum atomic E-state index is -0.832. The van der Waals surface area contributed by atoms with Gasteiger partial charge in [-0.15, -0.1) is 0 Å². The maximum absolute atomic E-state index is 12.4. The highest BCUT2D eigenvalue weighted by Crippen LogP contribution is 2.32. The Morgan fingerprint density at radius 3 is 2.52 bits per heavy atom. The number of carbonyl (C=O) groups excluding carboxylic acids is 1. The molecule has 21 heavy (non-hydrogen) atoms. The van der Waals surface area contributed by atoms with Crippen LogP contribution >= 0.6 is 0 Å². The van der Waals surface area contributed by atoms with Crippen LogP contribution < -0.4 is 10.6 Å². The van der Waals surface area contributed by atoms with Gasteiger partial charge in [-0.2, -0.15) is 0 Å². The number of hydrogen-bond acceptors (Lipinski definition) is 3. The molecular weight excluding hydrogens is 268 g/mol. The third-order valence-corrected chi connectivity index (χ3v) is 4.52. The molecule has 1 aliphatic heterocycles. The zero-order valence-electron chi connectivity index (χ0n) is 13.7. The maximum Gasteiger partial charge on any atom is 0.308 e. The Kier molecular flexibility index (Phi) is 6.65. The van der Waals surface area contributed by atoms with E-state index in [1.54, 1.807) is 0 Å². The lowest BCUT2D eigenvalue weighted by Crippen LogP contribution is -2.48. The second kappa shape index (κ2) is 7.78. The fourth-order valence-corrected chi connectivity index (χ4v) is 2.94. The fourth-order valence-electron chi connectivity index (χ4n) is 2.94. The second-order valence-corrected chi connectivity index (χ2v) is 7.14. The molecule has 2 unspecified atom stereocenters. The summed E-state index contributed by atoms with van der Waals surface area (Å²) in [7, 11) is 0. The van der Waals surface area contributed by atoms with E-state index >= 15 is 0 Å². The summed E-state index contributed by atoms with van der Waals surface area (Å²) in [6, 6.07) is 0. The molecule has 1 fully saturated rings. The van der Waals surface area contributed by atoms with Crippen LogP contribution in [0.1, 0.15) is 47.0 Å². The van der Waals surface area contributed by atoms with Crippen LogP contribution in [0, 0.1) is 23.2 Å². The zero-order chi connectivity index (χ0) is 16.0. The van der Waals surface area contributed by atoms with Gasteiger partial charge in [-0.3, -0.25) is 9.59 Å². The third-order valence-electron chi connectivity index (χ3n) is 4.52. The van der Waals surface area contributed by atoms with Crippen molar-refractivity contribution in [2.45, 2.75) is 47.0 Å². The Morgan fingerprint density at radius 2 is 2.05 bits per heavy atom. The van der Waals surface area contributed by atoms with Crippen molar-refractivity contribution in [2.24, 2.45) is 23.2 Å². The highest BCUT2D eigenvalue weighted by molar-refractivity contribution is 5.82. The molecule has 0 aromatic heterocycles. The van der Waals surface area contributed by atoms with Crippen molar-refractivity contribution in [3.63, 3.8) is 0 Å². The number of piperidine rings is 1. The first kappa shape index (κ1) is 18.0. The standard InChI is InChI=1S/C16H30N2O3/c1-11(2)8-12(14(19)20)9-18-15(21)16(3,4)13-6-5-7-17-10-13/h11-13,17H,5-10H2,1-4H3,(H,18,21)(H,19,20). The zero-order valence-corrected chi connectivity index (χ0v) is 13.7. The Balaban J connectivity index is 2.55. The number of nitrogens with one attached hydrogen (secondary N) is 2. The van der Waals surface area contributed by atoms with Crippen molar-refractivity contribution < 1.29 is 14.7 Å². The van der Waals surface area contributed by atoms with Crippen molar-refractivity contribution >= 4 is 11.9 Å². The highest BCUT2D eigenvalue weighted by Gasteiger charge is 2.37. The van der Waals surface area contributed by atoms with Crippen LogP contribution in [0.5, 0.6) is 0 Å². The number of amides is 1. The maximum atomic E-state index is 12.4. The van der Waals surface area contributed by atoms with E-state index < -0.39 is 17.3 Å². The Morgan fingerprint density at radius 1 is 1.38 bits per heavy atom. The van der Waals surface area contributed by atoms with E-state index in [1.807, 2.05) is 27.7 Å². The van der Waals surface area contributed by atoms with Gasteiger partial charge in [0.25, 0.3) is 0 Å². The van der Waals surface area contributed by atoms with Gasteiger partial charge in [0.15, 0.2) is 0 Å². The van der Waals surface area contributed by atoms with E-state index in [0.717, 1.165) is 25.9 Å². The Bertz CT molecular complexity index is 361. The lowest BCUT2D eigenvalue weighted by molar-refractivity contribution is -0.142. The minimum Gasteiger partial charge on any atom is -0.481 e. The first-order valence-electron chi connectivity index (χ1n) is 7.97. The van der Waals surface area contributed by atoms with Gasteiger partial charge in [-0.1, -0.05) is 27.7 Å². The molecule has 0 bridgehead atoms. The second-order valence-electron chi connectivity index (χ2n) is 7.14. The molecule has 0 aliphatic carbocycles. The van der Waals surface area contributed by atoms with Crippen molar-refractivity contribution in [1.29, 1.82) is 0 Å². The van der Waals surface area contributed by atoms with Crippen molar-refractivity contribution in [1.82, 2.24) is 10.6 Å². The summed E-state index contributed by atoms with van der Waals surface area (Å²) in [6.07, 6.45) is 2.72. The van der Waals surface area contributed by atoms with E-state index in [-0.39, 0.29) is 12.5 Å². The topological polar surface area (TPSA) is 78.4 Å². The summed E-state index contributed by atoms with van der Waals surface area (Å²) < 4.78 is 0. The molecule has 0 radical (unpaired) electrons. The highest BCUT2D eigenvalue weighted by atomic mass is 16.4. The number of carbonyl (C=O) groups is 2. The summed E-state index contributed by atoms with van der Waals surface area (Å²) in [5.41, 5.74) is -0.464. The van der Waals surface area contributed by atoms with E-state index in [4.69, 9.17) is 0 Å². The first-order chi connectivity index (χ1) is 9.75. The first-order valence-corrected chi connectivity index (χ1v) is 7.97. The summed E-state index contributed by atoms with van der Waals surface area (Å²) >= 11 is 0. The van der Waals surface area contributed by atoms with Crippen LogP contribution in [0.4, 0.5) is 0 Å². The van der Waals surface area contributed by atoms with Crippen LogP contribution in [0.25, 0.3) is 0 Å². The van der Waals surface area contributed by atoms with Crippen LogP contribution in [0.3, 0.4) is 0 Å². The molecule has 1 rings (SSSR count). The van der Waals surface area contributed by atoms with Crippen molar-refractivity contribution in [3.8, 4) is 0 Å². The van der Waals surface area contributed by atoms with E-state index in [1.165, 1.54) is 0 Å². The van der Waals surface area contributed by atoms with Gasteiger partial charge < -0.3 is 15.7 Å². The number of carboxylic acids is 1. The lowest BCUT2D eigenvalue weighted by atomic mass is 9.74. The van der Waals surface area contributed by atoms with Crippen molar-refractivity contribution in [2.75, 3.05) is 19.6 Å². The largest absolute Gasteiger partial charge is 0.481 e. The molecule has 1 heterocycles. The Labute approximate surface area is 127 Å². The minimum absolute atomic E-state index is 0.0359. The molecule has 1 amide bonds. The van der Waals surface area contributed by atoms with Crippen LogP contribution in [0.15, 0.2) is 0 Å². The number of aliphatic carboxylic acids is 1. The molecule has 122 valence electrons. The summed E-state index contributed by atoms with van der Waals surface area (Å²) in [5.74, 6) is -0.764. The average Bonchev–Trinajstić information content (AvgIpc) is 2.43. The van der Waals surface area contributed by atoms with E-state index in [9.17, 15) is 14.7 Å². The molecule has 2 atom stereocenters. The van der Waals surface area contributed by atoms with Gasteiger partial charge in [-0.05, 0) is 44.2 Å². The quantitative estimate of drug-likeness (QED) is 0.670. The normalized spacial score (nSPS) is 21.1. The predicted molar refractivity (Wildman–Crippen MR) is 83.0 cm³/mol. The monoisotopic (exact) mass is 298 g/mol. The molecule has 0 spiro atoms. The SMILES string of the molecule is CC(C)CC(CNC(=O)C(C)(C)C1CCCNC1)C(=O)O. The smallest absolute Gasteiger partial charge is 0.308 e. The molecular formula is C16H30N2O3. The predicted octanol–water partition coefficient (Wildman–Crippen LogP) is 1.88. The van der Waals surface area contributed by atoms with Gasteiger partial charge in [0.2, 0.25) is 5.91 Å². The number of carboxylic acid groups (broad SMARTS) is 1. The van der Waals surface area contributed by atoms with Gasteiger partial charge in [0.1, 0.15) is 0 Å². The molecule has 0 aromatic rings.